The van der Waals surface area contributed by atoms with Crippen molar-refractivity contribution < 1.29 is 19.0 Å². The minimum Gasteiger partial charge on any atom is -0.382 e. The lowest BCUT2D eigenvalue weighted by atomic mass is 9.73. The van der Waals surface area contributed by atoms with E-state index < -0.39 is 6.29 Å². The topological polar surface area (TPSA) is 110 Å². The quantitative estimate of drug-likeness (QED) is 0.474. The van der Waals surface area contributed by atoms with Gasteiger partial charge in [0.05, 0.1) is 11.2 Å². The molecule has 8 heteroatoms. The van der Waals surface area contributed by atoms with Crippen LogP contribution in [0, 0.1) is 17.7 Å². The molecule has 2 heterocycles. The largest absolute Gasteiger partial charge is 0.382 e. The lowest BCUT2D eigenvalue weighted by Crippen LogP contribution is -2.30. The summed E-state index contributed by atoms with van der Waals surface area (Å²) in [5.41, 5.74) is 8.62. The minimum atomic E-state index is -1.14. The second-order valence-corrected chi connectivity index (χ2v) is 8.74. The van der Waals surface area contributed by atoms with Crippen molar-refractivity contribution in [2.75, 3.05) is 18.2 Å². The first-order valence-electron chi connectivity index (χ1n) is 11.2. The van der Waals surface area contributed by atoms with Gasteiger partial charge in [-0.25, -0.2) is 9.37 Å². The van der Waals surface area contributed by atoms with Crippen molar-refractivity contribution in [2.45, 2.75) is 44.8 Å². The molecule has 3 aromatic rings. The molecule has 0 aliphatic heterocycles. The van der Waals surface area contributed by atoms with Crippen LogP contribution in [0.15, 0.2) is 42.7 Å². The number of halogens is 1. The first-order valence-corrected chi connectivity index (χ1v) is 11.2. The second kappa shape index (κ2) is 9.80. The van der Waals surface area contributed by atoms with Gasteiger partial charge in [0.1, 0.15) is 11.6 Å². The highest BCUT2D eigenvalue weighted by Crippen LogP contribution is 2.41. The van der Waals surface area contributed by atoms with E-state index in [1.165, 1.54) is 19.4 Å². The predicted molar refractivity (Wildman–Crippen MR) is 125 cm³/mol. The minimum absolute atomic E-state index is 0.132. The van der Waals surface area contributed by atoms with Crippen LogP contribution in [0.3, 0.4) is 0 Å². The number of aromatic nitrogens is 2. The molecule has 0 saturated heterocycles. The number of amides is 1. The van der Waals surface area contributed by atoms with Crippen LogP contribution < -0.4 is 11.1 Å². The Balaban J connectivity index is 1.41. The third-order valence-corrected chi connectivity index (χ3v) is 6.78. The highest BCUT2D eigenvalue weighted by atomic mass is 19.1. The van der Waals surface area contributed by atoms with E-state index in [0.717, 1.165) is 42.1 Å². The average molecular weight is 453 g/mol. The van der Waals surface area contributed by atoms with Crippen molar-refractivity contribution in [2.24, 2.45) is 11.8 Å². The Labute approximate surface area is 192 Å². The number of pyridine rings is 2. The first kappa shape index (κ1) is 23.1. The van der Waals surface area contributed by atoms with E-state index in [1.807, 2.05) is 13.0 Å². The monoisotopic (exact) mass is 452 g/mol. The average Bonchev–Trinajstić information content (AvgIpc) is 2.84. The molecule has 33 heavy (non-hydrogen) atoms. The van der Waals surface area contributed by atoms with Gasteiger partial charge in [-0.15, -0.1) is 0 Å². The highest BCUT2D eigenvalue weighted by Gasteiger charge is 2.30. The Morgan fingerprint density at radius 2 is 1.97 bits per heavy atom. The molecule has 2 atom stereocenters. The van der Waals surface area contributed by atoms with Crippen LogP contribution >= 0.6 is 0 Å². The van der Waals surface area contributed by atoms with Gasteiger partial charge in [0, 0.05) is 36.4 Å². The molecule has 1 fully saturated rings. The fourth-order valence-electron chi connectivity index (χ4n) is 4.75. The third-order valence-electron chi connectivity index (χ3n) is 6.78. The normalized spacial score (nSPS) is 20.4. The number of rotatable bonds is 6. The molecule has 2 aromatic heterocycles. The van der Waals surface area contributed by atoms with Gasteiger partial charge in [-0.2, -0.15) is 0 Å². The molecule has 7 nitrogen and oxygen atoms in total. The zero-order valence-electron chi connectivity index (χ0n) is 18.8. The lowest BCUT2D eigenvalue weighted by Gasteiger charge is -2.32. The number of aliphatic hydroxyl groups is 1. The molecular formula is C25H29FN4O3. The summed E-state index contributed by atoms with van der Waals surface area (Å²) in [6.07, 6.45) is 5.71. The fraction of sp³-hybridized carbons (Fsp3) is 0.400. The molecule has 4 rings (SSSR count). The maximum absolute atomic E-state index is 13.8. The Hall–Kier alpha value is -3.10. The van der Waals surface area contributed by atoms with Gasteiger partial charge >= 0.3 is 0 Å². The Bertz CT molecular complexity index is 1150. The summed E-state index contributed by atoms with van der Waals surface area (Å²) in [7, 11) is 1.38. The van der Waals surface area contributed by atoms with Crippen molar-refractivity contribution in [1.29, 1.82) is 0 Å². The number of hydrogen-bond donors (Lipinski definition) is 3. The summed E-state index contributed by atoms with van der Waals surface area (Å²) in [6.45, 7) is 1.93. The summed E-state index contributed by atoms with van der Waals surface area (Å²) in [6, 6.07) is 8.27. The number of ether oxygens (including phenoxy) is 1. The van der Waals surface area contributed by atoms with Gasteiger partial charge in [-0.3, -0.25) is 9.78 Å². The molecule has 1 unspecified atom stereocenters. The molecule has 174 valence electrons. The van der Waals surface area contributed by atoms with Crippen LogP contribution in [-0.2, 0) is 9.53 Å². The summed E-state index contributed by atoms with van der Waals surface area (Å²) in [4.78, 5) is 21.3. The van der Waals surface area contributed by atoms with E-state index >= 15 is 0 Å². The summed E-state index contributed by atoms with van der Waals surface area (Å²) >= 11 is 0. The zero-order valence-corrected chi connectivity index (χ0v) is 18.8. The standard InChI is InChI=1S/C25H29FN4O3/c1-14(24(31)30-22-11-17(25(32)33-2)13-29-23(22)27)15-3-5-16(6-4-15)19-9-10-28-21-8-7-18(26)12-20(19)21/h7-16,25,32H,3-6H2,1-2H3,(H2,27,29)(H,30,31)/t14-,15?,16?,25?/m1/s1. The van der Waals surface area contributed by atoms with Crippen molar-refractivity contribution in [3.05, 3.63) is 59.7 Å². The number of nitrogens with two attached hydrogens (primary N) is 1. The van der Waals surface area contributed by atoms with Gasteiger partial charge in [-0.1, -0.05) is 6.92 Å². The number of nitrogens with zero attached hydrogens (tertiary/aromatic N) is 2. The molecule has 1 saturated carbocycles. The molecule has 1 amide bonds. The van der Waals surface area contributed by atoms with Crippen LogP contribution in [0.1, 0.15) is 55.9 Å². The third kappa shape index (κ3) is 4.96. The van der Waals surface area contributed by atoms with Crippen LogP contribution in [-0.4, -0.2) is 28.1 Å². The number of nitrogen functional groups attached to an aromatic ring is 1. The fourth-order valence-corrected chi connectivity index (χ4v) is 4.75. The van der Waals surface area contributed by atoms with Crippen LogP contribution in [0.5, 0.6) is 0 Å². The zero-order chi connectivity index (χ0) is 23.5. The molecule has 0 radical (unpaired) electrons. The molecule has 4 N–H and O–H groups in total. The molecular weight excluding hydrogens is 423 g/mol. The highest BCUT2D eigenvalue weighted by molar-refractivity contribution is 5.94. The van der Waals surface area contributed by atoms with Gasteiger partial charge < -0.3 is 20.9 Å². The van der Waals surface area contributed by atoms with E-state index in [0.29, 0.717) is 17.2 Å². The maximum atomic E-state index is 13.8. The van der Waals surface area contributed by atoms with Crippen LogP contribution in [0.4, 0.5) is 15.9 Å². The number of fused-ring (bicyclic) bond motifs is 1. The molecule has 0 spiro atoms. The maximum Gasteiger partial charge on any atom is 0.227 e. The van der Waals surface area contributed by atoms with Crippen molar-refractivity contribution in [3.63, 3.8) is 0 Å². The SMILES string of the molecule is COC(O)c1cnc(N)c(NC(=O)[C@H](C)C2CCC(c3ccnc4ccc(F)cc34)CC2)c1. The number of carbonyl (C=O) groups excluding carboxylic acids is 1. The Kier molecular flexibility index (Phi) is 6.85. The Morgan fingerprint density at radius 3 is 2.70 bits per heavy atom. The Morgan fingerprint density at radius 1 is 1.21 bits per heavy atom. The van der Waals surface area contributed by atoms with E-state index in [9.17, 15) is 14.3 Å². The van der Waals surface area contributed by atoms with Gasteiger partial charge in [0.2, 0.25) is 5.91 Å². The molecule has 1 aliphatic rings. The van der Waals surface area contributed by atoms with Crippen LogP contribution in [0.25, 0.3) is 10.9 Å². The number of aliphatic hydroxyl groups excluding tert-OH is 1. The summed E-state index contributed by atoms with van der Waals surface area (Å²) < 4.78 is 18.7. The smallest absolute Gasteiger partial charge is 0.227 e. The van der Waals surface area contributed by atoms with Crippen molar-refractivity contribution in [1.82, 2.24) is 9.97 Å². The van der Waals surface area contributed by atoms with E-state index in [2.05, 4.69) is 15.3 Å². The summed E-state index contributed by atoms with van der Waals surface area (Å²) in [5, 5.41) is 13.6. The van der Waals surface area contributed by atoms with E-state index in [-0.39, 0.29) is 29.4 Å². The summed E-state index contributed by atoms with van der Waals surface area (Å²) in [5.74, 6) is 0.124. The number of nitrogens with one attached hydrogen (secondary N) is 1. The second-order valence-electron chi connectivity index (χ2n) is 8.74. The van der Waals surface area contributed by atoms with E-state index in [4.69, 9.17) is 10.5 Å². The number of carbonyl (C=O) groups is 1. The molecule has 1 aliphatic carbocycles. The van der Waals surface area contributed by atoms with Crippen molar-refractivity contribution >= 4 is 28.3 Å². The van der Waals surface area contributed by atoms with E-state index in [1.54, 1.807) is 24.4 Å². The van der Waals surface area contributed by atoms with Gasteiger partial charge in [0.25, 0.3) is 0 Å². The number of benzene rings is 1. The molecule has 1 aromatic carbocycles. The van der Waals surface area contributed by atoms with Gasteiger partial charge in [0.15, 0.2) is 6.29 Å². The predicted octanol–water partition coefficient (Wildman–Crippen LogP) is 4.54. The molecule has 0 bridgehead atoms. The van der Waals surface area contributed by atoms with Crippen molar-refractivity contribution in [3.8, 4) is 0 Å². The lowest BCUT2D eigenvalue weighted by molar-refractivity contribution is -0.121. The number of anilines is 2. The van der Waals surface area contributed by atoms with Crippen LogP contribution in [0.2, 0.25) is 0 Å². The van der Waals surface area contributed by atoms with Gasteiger partial charge in [-0.05, 0) is 73.4 Å². The number of methoxy groups -OCH3 is 1. The number of hydrogen-bond acceptors (Lipinski definition) is 6. The first-order chi connectivity index (χ1) is 15.9.